The molecule has 0 aliphatic carbocycles. The Morgan fingerprint density at radius 3 is 1.56 bits per heavy atom. The third kappa shape index (κ3) is 6.38. The van der Waals surface area contributed by atoms with Crippen LogP contribution in [0.15, 0.2) is 224 Å². The lowest BCUT2D eigenvalue weighted by atomic mass is 9.97. The van der Waals surface area contributed by atoms with E-state index < -0.39 is 0 Å². The maximum atomic E-state index is 2.40. The second-order valence-electron chi connectivity index (χ2n) is 15.7. The Balaban J connectivity index is 0.963. The van der Waals surface area contributed by atoms with Crippen molar-refractivity contribution in [3.05, 3.63) is 224 Å². The van der Waals surface area contributed by atoms with Gasteiger partial charge in [0.05, 0.1) is 0 Å². The average molecular weight is 812 g/mol. The van der Waals surface area contributed by atoms with Crippen molar-refractivity contribution in [1.82, 2.24) is 0 Å². The van der Waals surface area contributed by atoms with Crippen molar-refractivity contribution in [1.29, 1.82) is 0 Å². The lowest BCUT2D eigenvalue weighted by molar-refractivity contribution is 1.28. The van der Waals surface area contributed by atoms with Gasteiger partial charge in [0, 0.05) is 57.4 Å². The van der Waals surface area contributed by atoms with E-state index in [-0.39, 0.29) is 0 Å². The van der Waals surface area contributed by atoms with Crippen LogP contribution in [0.4, 0.5) is 17.1 Å². The summed E-state index contributed by atoms with van der Waals surface area (Å²) in [6, 6.07) is 82.5. The van der Waals surface area contributed by atoms with Gasteiger partial charge in [-0.3, -0.25) is 0 Å². The minimum absolute atomic E-state index is 1.10. The monoisotopic (exact) mass is 811 g/mol. The Kier molecular flexibility index (Phi) is 8.62. The number of thiophene rings is 2. The molecule has 0 aliphatic rings. The Labute approximate surface area is 362 Å². The first-order valence-electron chi connectivity index (χ1n) is 20.7. The molecule has 0 saturated carbocycles. The summed E-state index contributed by atoms with van der Waals surface area (Å²) < 4.78 is 5.29. The van der Waals surface area contributed by atoms with Gasteiger partial charge in [-0.15, -0.1) is 22.7 Å². The highest BCUT2D eigenvalue weighted by atomic mass is 32.1. The fourth-order valence-electron chi connectivity index (χ4n) is 9.01. The normalized spacial score (nSPS) is 11.6. The smallest absolute Gasteiger partial charge is 0.0467 e. The summed E-state index contributed by atoms with van der Waals surface area (Å²) in [6.45, 7) is 0. The summed E-state index contributed by atoms with van der Waals surface area (Å²) in [5, 5.41) is 7.76. The van der Waals surface area contributed by atoms with Crippen LogP contribution in [-0.2, 0) is 0 Å². The van der Waals surface area contributed by atoms with Crippen LogP contribution in [0.1, 0.15) is 0 Å². The summed E-state index contributed by atoms with van der Waals surface area (Å²) in [4.78, 5) is 2.40. The Morgan fingerprint density at radius 2 is 0.787 bits per heavy atom. The topological polar surface area (TPSA) is 3.24 Å². The van der Waals surface area contributed by atoms with E-state index in [1.807, 2.05) is 22.7 Å². The number of hydrogen-bond donors (Lipinski definition) is 0. The van der Waals surface area contributed by atoms with Gasteiger partial charge in [-0.1, -0.05) is 152 Å². The van der Waals surface area contributed by atoms with Crippen LogP contribution in [0.5, 0.6) is 0 Å². The van der Waals surface area contributed by atoms with Crippen molar-refractivity contribution in [2.75, 3.05) is 4.90 Å². The number of hydrogen-bond acceptors (Lipinski definition) is 3. The number of fused-ring (bicyclic) bond motifs is 7. The highest BCUT2D eigenvalue weighted by molar-refractivity contribution is 7.26. The largest absolute Gasteiger partial charge is 0.310 e. The summed E-state index contributed by atoms with van der Waals surface area (Å²) in [5.74, 6) is 0. The van der Waals surface area contributed by atoms with Gasteiger partial charge in [0.1, 0.15) is 0 Å². The molecule has 0 spiro atoms. The van der Waals surface area contributed by atoms with Crippen LogP contribution in [0, 0.1) is 0 Å². The standard InChI is InChI=1S/C58H37NS2/c1-2-12-40-33-44(26-25-38(40)11-1)39-27-30-47(31-28-39)59(49-18-9-15-43(36-49)45-29-32-57-54(37-45)52-20-4-5-23-55(52)60-57)48-17-8-14-42(35-48)41-13-7-16-46(34-41)50-21-10-22-53-51-19-3-6-24-56(51)61-58(50)53/h1-37H. The zero-order valence-corrected chi connectivity index (χ0v) is 34.8. The van der Waals surface area contributed by atoms with Crippen LogP contribution < -0.4 is 4.90 Å². The SMILES string of the molecule is c1cc(-c2cccc(N(c3ccc(-c4ccc5ccccc5c4)cc3)c3cccc(-c4ccc5sc6ccccc6c5c4)c3)c2)cc(-c2cccc3c2sc2ccccc23)c1. The molecule has 1 nitrogen and oxygen atoms in total. The van der Waals surface area contributed by atoms with E-state index >= 15 is 0 Å². The predicted molar refractivity (Wildman–Crippen MR) is 266 cm³/mol. The Morgan fingerprint density at radius 1 is 0.262 bits per heavy atom. The van der Waals surface area contributed by atoms with Crippen molar-refractivity contribution in [3.63, 3.8) is 0 Å². The van der Waals surface area contributed by atoms with Crippen molar-refractivity contribution in [2.45, 2.75) is 0 Å². The third-order valence-electron chi connectivity index (χ3n) is 12.0. The van der Waals surface area contributed by atoms with Crippen LogP contribution in [0.3, 0.4) is 0 Å². The van der Waals surface area contributed by atoms with Gasteiger partial charge < -0.3 is 4.90 Å². The molecule has 0 radical (unpaired) electrons. The van der Waals surface area contributed by atoms with Crippen LogP contribution >= 0.6 is 22.7 Å². The Hall–Kier alpha value is -7.30. The van der Waals surface area contributed by atoms with Crippen molar-refractivity contribution < 1.29 is 0 Å². The molecule has 0 amide bonds. The lowest BCUT2D eigenvalue weighted by Gasteiger charge is -2.27. The molecule has 0 unspecified atom stereocenters. The fraction of sp³-hybridized carbons (Fsp3) is 0. The zero-order valence-electron chi connectivity index (χ0n) is 33.1. The molecule has 0 fully saturated rings. The molecule has 2 aromatic heterocycles. The molecule has 0 saturated heterocycles. The third-order valence-corrected chi connectivity index (χ3v) is 14.4. The van der Waals surface area contributed by atoms with Gasteiger partial charge >= 0.3 is 0 Å². The minimum atomic E-state index is 1.10. The molecule has 61 heavy (non-hydrogen) atoms. The molecule has 12 aromatic rings. The average Bonchev–Trinajstić information content (AvgIpc) is 3.90. The highest BCUT2D eigenvalue weighted by Gasteiger charge is 2.17. The summed E-state index contributed by atoms with van der Waals surface area (Å²) in [5.41, 5.74) is 13.0. The number of benzene rings is 10. The van der Waals surface area contributed by atoms with E-state index in [0.717, 1.165) is 17.1 Å². The molecule has 286 valence electrons. The van der Waals surface area contributed by atoms with E-state index in [0.29, 0.717) is 0 Å². The molecule has 10 aromatic carbocycles. The molecule has 12 rings (SSSR count). The first-order valence-corrected chi connectivity index (χ1v) is 22.4. The Bertz CT molecular complexity index is 3610. The molecule has 0 N–H and O–H groups in total. The van der Waals surface area contributed by atoms with E-state index in [1.165, 1.54) is 95.6 Å². The van der Waals surface area contributed by atoms with Crippen molar-refractivity contribution in [2.24, 2.45) is 0 Å². The maximum Gasteiger partial charge on any atom is 0.0467 e. The summed E-state index contributed by atoms with van der Waals surface area (Å²) in [6.07, 6.45) is 0. The predicted octanol–water partition coefficient (Wildman–Crippen LogP) is 17.7. The van der Waals surface area contributed by atoms with Crippen LogP contribution in [0.2, 0.25) is 0 Å². The second-order valence-corrected chi connectivity index (χ2v) is 17.9. The molecule has 0 atom stereocenters. The first kappa shape index (κ1) is 35.6. The molecular formula is C58H37NS2. The van der Waals surface area contributed by atoms with E-state index in [4.69, 9.17) is 0 Å². The highest BCUT2D eigenvalue weighted by Crippen LogP contribution is 2.43. The van der Waals surface area contributed by atoms with Crippen molar-refractivity contribution >= 4 is 90.9 Å². The number of anilines is 3. The summed E-state index contributed by atoms with van der Waals surface area (Å²) in [7, 11) is 0. The zero-order chi connectivity index (χ0) is 40.3. The van der Waals surface area contributed by atoms with Gasteiger partial charge in [0.15, 0.2) is 0 Å². The lowest BCUT2D eigenvalue weighted by Crippen LogP contribution is -2.10. The fourth-order valence-corrected chi connectivity index (χ4v) is 11.3. The van der Waals surface area contributed by atoms with Gasteiger partial charge in [0.2, 0.25) is 0 Å². The molecule has 0 aliphatic heterocycles. The van der Waals surface area contributed by atoms with E-state index in [9.17, 15) is 0 Å². The maximum absolute atomic E-state index is 2.40. The van der Waals surface area contributed by atoms with E-state index in [2.05, 4.69) is 229 Å². The molecule has 2 heterocycles. The number of rotatable bonds is 7. The van der Waals surface area contributed by atoms with Gasteiger partial charge in [-0.2, -0.15) is 0 Å². The summed E-state index contributed by atoms with van der Waals surface area (Å²) >= 11 is 3.74. The van der Waals surface area contributed by atoms with Gasteiger partial charge in [0.25, 0.3) is 0 Å². The molecular weight excluding hydrogens is 775 g/mol. The number of nitrogens with zero attached hydrogens (tertiary/aromatic N) is 1. The quantitative estimate of drug-likeness (QED) is 0.155. The van der Waals surface area contributed by atoms with Gasteiger partial charge in [-0.25, -0.2) is 0 Å². The van der Waals surface area contributed by atoms with Crippen LogP contribution in [-0.4, -0.2) is 0 Å². The molecule has 3 heteroatoms. The minimum Gasteiger partial charge on any atom is -0.310 e. The van der Waals surface area contributed by atoms with Gasteiger partial charge in [-0.05, 0) is 128 Å². The van der Waals surface area contributed by atoms with Crippen molar-refractivity contribution in [3.8, 4) is 44.5 Å². The second kappa shape index (κ2) is 14.8. The molecule has 0 bridgehead atoms. The first-order chi connectivity index (χ1) is 30.2. The van der Waals surface area contributed by atoms with Crippen LogP contribution in [0.25, 0.3) is 95.6 Å². The van der Waals surface area contributed by atoms with E-state index in [1.54, 1.807) is 0 Å².